The van der Waals surface area contributed by atoms with Crippen LogP contribution in [0.15, 0.2) is 0 Å². The number of rotatable bonds is 3. The Morgan fingerprint density at radius 2 is 1.92 bits per heavy atom. The molecule has 0 bridgehead atoms. The summed E-state index contributed by atoms with van der Waals surface area (Å²) in [4.78, 5) is 0. The van der Waals surface area contributed by atoms with Crippen LogP contribution in [0.25, 0.3) is 0 Å². The lowest BCUT2D eigenvalue weighted by Crippen LogP contribution is -2.29. The predicted molar refractivity (Wildman–Crippen MR) is 47.0 cm³/mol. The van der Waals surface area contributed by atoms with Gasteiger partial charge in [-0.3, -0.25) is 0 Å². The quantitative estimate of drug-likeness (QED) is 0.654. The average Bonchev–Trinajstić information content (AvgIpc) is 2.90. The molecule has 2 fully saturated rings. The van der Waals surface area contributed by atoms with Crippen molar-refractivity contribution in [1.29, 1.82) is 0 Å². The lowest BCUT2D eigenvalue weighted by atomic mass is 9.72. The van der Waals surface area contributed by atoms with Gasteiger partial charge in [-0.2, -0.15) is 0 Å². The van der Waals surface area contributed by atoms with Crippen LogP contribution < -0.4 is 0 Å². The van der Waals surface area contributed by atoms with Crippen LogP contribution in [0.5, 0.6) is 0 Å². The molecule has 0 aromatic carbocycles. The van der Waals surface area contributed by atoms with Gasteiger partial charge in [0, 0.05) is 6.61 Å². The molecule has 0 amide bonds. The summed E-state index contributed by atoms with van der Waals surface area (Å²) in [6, 6.07) is 0. The van der Waals surface area contributed by atoms with E-state index in [0.717, 1.165) is 13.0 Å². The number of hydrogen-bond donors (Lipinski definition) is 1. The Hall–Kier alpha value is -0.0800. The van der Waals surface area contributed by atoms with Crippen molar-refractivity contribution in [1.82, 2.24) is 0 Å². The Morgan fingerprint density at radius 1 is 1.25 bits per heavy atom. The van der Waals surface area contributed by atoms with Crippen LogP contribution in [0.4, 0.5) is 0 Å². The zero-order valence-corrected chi connectivity index (χ0v) is 7.59. The smallest absolute Gasteiger partial charge is 0.0816 e. The average molecular weight is 170 g/mol. The van der Waals surface area contributed by atoms with E-state index < -0.39 is 0 Å². The van der Waals surface area contributed by atoms with Gasteiger partial charge in [0.1, 0.15) is 0 Å². The van der Waals surface area contributed by atoms with E-state index in [4.69, 9.17) is 4.74 Å². The van der Waals surface area contributed by atoms with Gasteiger partial charge in [0.25, 0.3) is 0 Å². The first-order valence-corrected chi connectivity index (χ1v) is 5.07. The molecule has 2 aliphatic rings. The van der Waals surface area contributed by atoms with Crippen molar-refractivity contribution in [3.05, 3.63) is 0 Å². The van der Waals surface area contributed by atoms with Crippen LogP contribution in [0.1, 0.15) is 38.5 Å². The molecule has 0 aromatic rings. The summed E-state index contributed by atoms with van der Waals surface area (Å²) >= 11 is 0. The molecular weight excluding hydrogens is 152 g/mol. The molecule has 70 valence electrons. The van der Waals surface area contributed by atoms with Crippen LogP contribution in [0, 0.1) is 5.41 Å². The van der Waals surface area contributed by atoms with E-state index >= 15 is 0 Å². The highest BCUT2D eigenvalue weighted by Crippen LogP contribution is 2.42. The third-order valence-corrected chi connectivity index (χ3v) is 3.31. The Balaban J connectivity index is 1.90. The van der Waals surface area contributed by atoms with Gasteiger partial charge >= 0.3 is 0 Å². The number of aliphatic hydroxyl groups is 1. The molecule has 1 aliphatic heterocycles. The van der Waals surface area contributed by atoms with Gasteiger partial charge in [0.15, 0.2) is 0 Å². The molecule has 2 rings (SSSR count). The molecule has 1 atom stereocenters. The fourth-order valence-corrected chi connectivity index (χ4v) is 2.40. The predicted octanol–water partition coefficient (Wildman–Crippen LogP) is 1.72. The molecular formula is C10H18O2. The van der Waals surface area contributed by atoms with Crippen molar-refractivity contribution in [2.75, 3.05) is 13.2 Å². The summed E-state index contributed by atoms with van der Waals surface area (Å²) < 4.78 is 5.23. The summed E-state index contributed by atoms with van der Waals surface area (Å²) in [5, 5.41) is 9.36. The Kier molecular flexibility index (Phi) is 2.37. The molecule has 1 saturated heterocycles. The summed E-state index contributed by atoms with van der Waals surface area (Å²) in [6.45, 7) is 1.30. The van der Waals surface area contributed by atoms with Gasteiger partial charge in [-0.15, -0.1) is 0 Å². The first-order valence-electron chi connectivity index (χ1n) is 5.07. The van der Waals surface area contributed by atoms with Crippen molar-refractivity contribution >= 4 is 0 Å². The van der Waals surface area contributed by atoms with Gasteiger partial charge in [0.2, 0.25) is 0 Å². The lowest BCUT2D eigenvalue weighted by Gasteiger charge is -2.35. The maximum absolute atomic E-state index is 9.36. The SMILES string of the molecule is OCC1(C[C@H]2CO2)CCCCC1. The van der Waals surface area contributed by atoms with Crippen molar-refractivity contribution in [3.8, 4) is 0 Å². The fourth-order valence-electron chi connectivity index (χ4n) is 2.40. The van der Waals surface area contributed by atoms with Gasteiger partial charge in [-0.25, -0.2) is 0 Å². The third kappa shape index (κ3) is 1.80. The van der Waals surface area contributed by atoms with Gasteiger partial charge in [-0.05, 0) is 24.7 Å². The lowest BCUT2D eigenvalue weighted by molar-refractivity contribution is 0.0653. The minimum absolute atomic E-state index is 0.236. The molecule has 2 nitrogen and oxygen atoms in total. The molecule has 0 unspecified atom stereocenters. The van der Waals surface area contributed by atoms with E-state index in [-0.39, 0.29) is 5.41 Å². The molecule has 0 spiro atoms. The number of epoxide rings is 1. The summed E-state index contributed by atoms with van der Waals surface area (Å²) in [6.07, 6.45) is 7.96. The maximum Gasteiger partial charge on any atom is 0.0816 e. The molecule has 2 heteroatoms. The molecule has 1 aliphatic carbocycles. The summed E-state index contributed by atoms with van der Waals surface area (Å²) in [5.74, 6) is 0. The van der Waals surface area contributed by atoms with Crippen LogP contribution in [-0.2, 0) is 4.74 Å². The molecule has 1 saturated carbocycles. The topological polar surface area (TPSA) is 32.8 Å². The summed E-state index contributed by atoms with van der Waals surface area (Å²) in [5.41, 5.74) is 0.236. The largest absolute Gasteiger partial charge is 0.396 e. The Labute approximate surface area is 73.9 Å². The van der Waals surface area contributed by atoms with E-state index in [1.807, 2.05) is 0 Å². The van der Waals surface area contributed by atoms with E-state index in [9.17, 15) is 5.11 Å². The van der Waals surface area contributed by atoms with Crippen molar-refractivity contribution in [2.24, 2.45) is 5.41 Å². The van der Waals surface area contributed by atoms with Crippen LogP contribution in [0.2, 0.25) is 0 Å². The highest BCUT2D eigenvalue weighted by atomic mass is 16.6. The van der Waals surface area contributed by atoms with E-state index in [1.54, 1.807) is 0 Å². The number of hydrogen-bond acceptors (Lipinski definition) is 2. The molecule has 1 N–H and O–H groups in total. The normalized spacial score (nSPS) is 33.2. The first-order chi connectivity index (χ1) is 5.85. The molecule has 1 heterocycles. The van der Waals surface area contributed by atoms with Crippen LogP contribution >= 0.6 is 0 Å². The van der Waals surface area contributed by atoms with Crippen molar-refractivity contribution in [2.45, 2.75) is 44.6 Å². The van der Waals surface area contributed by atoms with Crippen molar-refractivity contribution < 1.29 is 9.84 Å². The van der Waals surface area contributed by atoms with E-state index in [2.05, 4.69) is 0 Å². The standard InChI is InChI=1S/C10H18O2/c11-8-10(6-9-7-12-9)4-2-1-3-5-10/h9,11H,1-8H2/t9-/m0/s1. The van der Waals surface area contributed by atoms with Crippen molar-refractivity contribution in [3.63, 3.8) is 0 Å². The van der Waals surface area contributed by atoms with E-state index in [1.165, 1.54) is 32.1 Å². The zero-order valence-electron chi connectivity index (χ0n) is 7.59. The minimum atomic E-state index is 0.236. The molecule has 0 aromatic heterocycles. The minimum Gasteiger partial charge on any atom is -0.396 e. The Bertz CT molecular complexity index is 146. The molecule has 12 heavy (non-hydrogen) atoms. The number of aliphatic hydroxyl groups excluding tert-OH is 1. The monoisotopic (exact) mass is 170 g/mol. The van der Waals surface area contributed by atoms with Gasteiger partial charge in [0.05, 0.1) is 12.7 Å². The highest BCUT2D eigenvalue weighted by molar-refractivity contribution is 4.87. The third-order valence-electron chi connectivity index (χ3n) is 3.31. The van der Waals surface area contributed by atoms with Gasteiger partial charge < -0.3 is 9.84 Å². The van der Waals surface area contributed by atoms with Crippen LogP contribution in [0.3, 0.4) is 0 Å². The summed E-state index contributed by atoms with van der Waals surface area (Å²) in [7, 11) is 0. The van der Waals surface area contributed by atoms with E-state index in [0.29, 0.717) is 12.7 Å². The number of ether oxygens (including phenoxy) is 1. The van der Waals surface area contributed by atoms with Gasteiger partial charge in [-0.1, -0.05) is 19.3 Å². The highest BCUT2D eigenvalue weighted by Gasteiger charge is 2.38. The maximum atomic E-state index is 9.36. The second-order valence-corrected chi connectivity index (χ2v) is 4.38. The second-order valence-electron chi connectivity index (χ2n) is 4.38. The molecule has 0 radical (unpaired) electrons. The fraction of sp³-hybridized carbons (Fsp3) is 1.00. The van der Waals surface area contributed by atoms with Crippen LogP contribution in [-0.4, -0.2) is 24.4 Å². The second kappa shape index (κ2) is 3.35. The first kappa shape index (κ1) is 8.52. The zero-order chi connectivity index (χ0) is 8.44. The Morgan fingerprint density at radius 3 is 2.42 bits per heavy atom.